The minimum absolute atomic E-state index is 0.00505. The van der Waals surface area contributed by atoms with Crippen molar-refractivity contribution in [1.82, 2.24) is 9.88 Å². The smallest absolute Gasteiger partial charge is 0.329 e. The number of ether oxygens (including phenoxy) is 1. The largest absolute Gasteiger partial charge is 0.458 e. The molecule has 2 rings (SSSR count). The molecule has 1 aromatic rings. The lowest BCUT2D eigenvalue weighted by Gasteiger charge is -2.27. The number of halogens is 1. The van der Waals surface area contributed by atoms with Gasteiger partial charge in [0, 0.05) is 6.54 Å². The van der Waals surface area contributed by atoms with Crippen LogP contribution in [0.15, 0.2) is 18.2 Å². The van der Waals surface area contributed by atoms with Crippen molar-refractivity contribution in [1.29, 1.82) is 0 Å². The summed E-state index contributed by atoms with van der Waals surface area (Å²) in [5, 5.41) is 0. The lowest BCUT2D eigenvalue weighted by Crippen LogP contribution is -2.43. The number of aromatic nitrogens is 1. The van der Waals surface area contributed by atoms with Gasteiger partial charge >= 0.3 is 5.97 Å². The monoisotopic (exact) mass is 294 g/mol. The van der Waals surface area contributed by atoms with E-state index < -0.39 is 29.5 Å². The minimum Gasteiger partial charge on any atom is -0.458 e. The molecule has 0 aliphatic carbocycles. The molecule has 0 N–H and O–H groups in total. The summed E-state index contributed by atoms with van der Waals surface area (Å²) in [5.41, 5.74) is -0.601. The van der Waals surface area contributed by atoms with Crippen LogP contribution in [0.5, 0.6) is 0 Å². The van der Waals surface area contributed by atoms with E-state index >= 15 is 0 Å². The van der Waals surface area contributed by atoms with Crippen LogP contribution in [0.2, 0.25) is 0 Å². The van der Waals surface area contributed by atoms with Gasteiger partial charge in [-0.1, -0.05) is 6.07 Å². The Labute approximate surface area is 123 Å². The summed E-state index contributed by atoms with van der Waals surface area (Å²) in [6, 6.07) is 3.41. The third-order valence-corrected chi connectivity index (χ3v) is 3.13. The minimum atomic E-state index is -0.714. The number of rotatable bonds is 2. The molecule has 0 saturated carbocycles. The van der Waals surface area contributed by atoms with Crippen molar-refractivity contribution in [3.05, 3.63) is 29.8 Å². The Morgan fingerprint density at radius 3 is 2.71 bits per heavy atom. The van der Waals surface area contributed by atoms with Gasteiger partial charge in [-0.2, -0.15) is 4.39 Å². The maximum atomic E-state index is 13.1. The first-order chi connectivity index (χ1) is 9.78. The SMILES string of the molecule is CC(C)(C)OC(=O)[C@H]1CCCN1C(=O)c1cccc(F)n1. The van der Waals surface area contributed by atoms with Gasteiger partial charge in [0.15, 0.2) is 0 Å². The number of carbonyl (C=O) groups excluding carboxylic acids is 2. The van der Waals surface area contributed by atoms with Crippen LogP contribution in [0.3, 0.4) is 0 Å². The number of carbonyl (C=O) groups is 2. The zero-order valence-corrected chi connectivity index (χ0v) is 12.4. The number of pyridine rings is 1. The van der Waals surface area contributed by atoms with Crippen molar-refractivity contribution in [3.8, 4) is 0 Å². The lowest BCUT2D eigenvalue weighted by molar-refractivity contribution is -0.159. The predicted molar refractivity (Wildman–Crippen MR) is 74.1 cm³/mol. The molecule has 6 heteroatoms. The topological polar surface area (TPSA) is 59.5 Å². The Bertz CT molecular complexity index is 554. The van der Waals surface area contributed by atoms with Gasteiger partial charge in [-0.15, -0.1) is 0 Å². The number of hydrogen-bond donors (Lipinski definition) is 0. The molecule has 1 aliphatic rings. The molecule has 0 aromatic carbocycles. The highest BCUT2D eigenvalue weighted by Crippen LogP contribution is 2.22. The highest BCUT2D eigenvalue weighted by atomic mass is 19.1. The van der Waals surface area contributed by atoms with E-state index in [1.54, 1.807) is 20.8 Å². The van der Waals surface area contributed by atoms with Crippen molar-refractivity contribution in [2.45, 2.75) is 45.3 Å². The number of esters is 1. The van der Waals surface area contributed by atoms with Gasteiger partial charge in [0.1, 0.15) is 17.3 Å². The second-order valence-electron chi connectivity index (χ2n) is 6.04. The lowest BCUT2D eigenvalue weighted by atomic mass is 10.1. The Morgan fingerprint density at radius 1 is 1.38 bits per heavy atom. The zero-order valence-electron chi connectivity index (χ0n) is 12.4. The second-order valence-corrected chi connectivity index (χ2v) is 6.04. The maximum Gasteiger partial charge on any atom is 0.329 e. The number of hydrogen-bond acceptors (Lipinski definition) is 4. The van der Waals surface area contributed by atoms with Crippen molar-refractivity contribution in [3.63, 3.8) is 0 Å². The van der Waals surface area contributed by atoms with Gasteiger partial charge < -0.3 is 9.64 Å². The third-order valence-electron chi connectivity index (χ3n) is 3.13. The molecular weight excluding hydrogens is 275 g/mol. The Balaban J connectivity index is 2.15. The van der Waals surface area contributed by atoms with E-state index in [-0.39, 0.29) is 5.69 Å². The zero-order chi connectivity index (χ0) is 15.6. The van der Waals surface area contributed by atoms with Crippen LogP contribution in [0.4, 0.5) is 4.39 Å². The molecule has 21 heavy (non-hydrogen) atoms. The molecule has 1 amide bonds. The van der Waals surface area contributed by atoms with Gasteiger partial charge in [-0.05, 0) is 45.7 Å². The quantitative estimate of drug-likeness (QED) is 0.619. The van der Waals surface area contributed by atoms with Crippen LogP contribution in [-0.4, -0.2) is 39.9 Å². The fourth-order valence-corrected chi connectivity index (χ4v) is 2.30. The van der Waals surface area contributed by atoms with Crippen LogP contribution < -0.4 is 0 Å². The first-order valence-electron chi connectivity index (χ1n) is 6.94. The molecule has 1 atom stereocenters. The second kappa shape index (κ2) is 5.79. The highest BCUT2D eigenvalue weighted by Gasteiger charge is 2.37. The summed E-state index contributed by atoms with van der Waals surface area (Å²) in [5.74, 6) is -1.58. The molecule has 1 aliphatic heterocycles. The van der Waals surface area contributed by atoms with Crippen molar-refractivity contribution < 1.29 is 18.7 Å². The normalized spacial score (nSPS) is 18.7. The Morgan fingerprint density at radius 2 is 2.10 bits per heavy atom. The van der Waals surface area contributed by atoms with Gasteiger partial charge in [0.2, 0.25) is 5.95 Å². The average Bonchev–Trinajstić information content (AvgIpc) is 2.85. The molecule has 0 bridgehead atoms. The average molecular weight is 294 g/mol. The molecule has 1 fully saturated rings. The van der Waals surface area contributed by atoms with Crippen LogP contribution in [0, 0.1) is 5.95 Å². The fraction of sp³-hybridized carbons (Fsp3) is 0.533. The van der Waals surface area contributed by atoms with Gasteiger partial charge in [0.05, 0.1) is 0 Å². The van der Waals surface area contributed by atoms with Crippen molar-refractivity contribution in [2.75, 3.05) is 6.54 Å². The van der Waals surface area contributed by atoms with E-state index in [4.69, 9.17) is 4.74 Å². The van der Waals surface area contributed by atoms with Crippen molar-refractivity contribution in [2.24, 2.45) is 0 Å². The van der Waals surface area contributed by atoms with E-state index in [1.165, 1.54) is 23.1 Å². The fourth-order valence-electron chi connectivity index (χ4n) is 2.30. The molecule has 0 radical (unpaired) electrons. The summed E-state index contributed by atoms with van der Waals surface area (Å²) in [4.78, 5) is 29.5. The predicted octanol–water partition coefficient (Wildman–Crippen LogP) is 2.17. The van der Waals surface area contributed by atoms with Crippen LogP contribution in [0.25, 0.3) is 0 Å². The van der Waals surface area contributed by atoms with E-state index in [9.17, 15) is 14.0 Å². The van der Waals surface area contributed by atoms with E-state index in [2.05, 4.69) is 4.98 Å². The molecule has 1 saturated heterocycles. The third kappa shape index (κ3) is 3.77. The first-order valence-corrected chi connectivity index (χ1v) is 6.94. The first kappa shape index (κ1) is 15.4. The molecule has 0 unspecified atom stereocenters. The number of amides is 1. The molecular formula is C15H19FN2O3. The summed E-state index contributed by atoms with van der Waals surface area (Å²) in [6.45, 7) is 5.78. The summed E-state index contributed by atoms with van der Waals surface area (Å²) < 4.78 is 18.5. The van der Waals surface area contributed by atoms with Gasteiger partial charge in [-0.25, -0.2) is 9.78 Å². The molecule has 2 heterocycles. The maximum absolute atomic E-state index is 13.1. The highest BCUT2D eigenvalue weighted by molar-refractivity contribution is 5.95. The Hall–Kier alpha value is -1.98. The molecule has 0 spiro atoms. The molecule has 1 aromatic heterocycles. The number of nitrogens with zero attached hydrogens (tertiary/aromatic N) is 2. The number of likely N-dealkylation sites (tertiary alicyclic amines) is 1. The standard InChI is InChI=1S/C15H19FN2O3/c1-15(2,3)21-14(20)11-7-5-9-18(11)13(19)10-6-4-8-12(16)17-10/h4,6,8,11H,5,7,9H2,1-3H3/t11-/m1/s1. The molecule has 5 nitrogen and oxygen atoms in total. The van der Waals surface area contributed by atoms with Gasteiger partial charge in [0.25, 0.3) is 5.91 Å². The van der Waals surface area contributed by atoms with E-state index in [1.807, 2.05) is 0 Å². The Kier molecular flexibility index (Phi) is 4.25. The summed E-state index contributed by atoms with van der Waals surface area (Å²) in [6.07, 6.45) is 1.26. The van der Waals surface area contributed by atoms with E-state index in [0.29, 0.717) is 19.4 Å². The van der Waals surface area contributed by atoms with Crippen LogP contribution in [0.1, 0.15) is 44.1 Å². The molecule has 114 valence electrons. The van der Waals surface area contributed by atoms with Gasteiger partial charge in [-0.3, -0.25) is 4.79 Å². The summed E-state index contributed by atoms with van der Waals surface area (Å²) in [7, 11) is 0. The van der Waals surface area contributed by atoms with Crippen molar-refractivity contribution >= 4 is 11.9 Å². The van der Waals surface area contributed by atoms with Crippen LogP contribution in [-0.2, 0) is 9.53 Å². The van der Waals surface area contributed by atoms with E-state index in [0.717, 1.165) is 0 Å². The van der Waals surface area contributed by atoms with Crippen LogP contribution >= 0.6 is 0 Å². The summed E-state index contributed by atoms with van der Waals surface area (Å²) >= 11 is 0.